The molecule has 0 aliphatic carbocycles. The van der Waals surface area contributed by atoms with Crippen LogP contribution in [0, 0.1) is 18.3 Å². The van der Waals surface area contributed by atoms with Gasteiger partial charge < -0.3 is 15.3 Å². The van der Waals surface area contributed by atoms with Gasteiger partial charge in [0.2, 0.25) is 0 Å². The molecule has 0 unspecified atom stereocenters. The predicted molar refractivity (Wildman–Crippen MR) is 69.6 cm³/mol. The molecule has 0 aliphatic rings. The highest BCUT2D eigenvalue weighted by atomic mass is 16.4. The van der Waals surface area contributed by atoms with E-state index in [4.69, 9.17) is 10.4 Å². The van der Waals surface area contributed by atoms with E-state index in [0.717, 1.165) is 10.5 Å². The van der Waals surface area contributed by atoms with Crippen molar-refractivity contribution in [2.75, 3.05) is 18.4 Å². The van der Waals surface area contributed by atoms with Gasteiger partial charge in [0.15, 0.2) is 0 Å². The maximum atomic E-state index is 11.9. The van der Waals surface area contributed by atoms with E-state index in [0.29, 0.717) is 5.69 Å². The third-order valence-corrected chi connectivity index (χ3v) is 2.41. The molecule has 19 heavy (non-hydrogen) atoms. The number of benzene rings is 1. The Labute approximate surface area is 111 Å². The number of nitrogens with one attached hydrogen (secondary N) is 1. The van der Waals surface area contributed by atoms with Crippen LogP contribution < -0.4 is 5.32 Å². The van der Waals surface area contributed by atoms with Gasteiger partial charge in [-0.05, 0) is 19.1 Å². The minimum atomic E-state index is -1.11. The number of hydrogen-bond donors (Lipinski definition) is 2. The number of nitrogens with zero attached hydrogens (tertiary/aromatic N) is 2. The standard InChI is InChI=1S/C13H15N3O3/c1-10-3-5-11(6-4-10)15-13(19)16(8-2-7-14)9-12(17)18/h3-6H,2,8-9H2,1H3,(H,15,19)(H,17,18). The molecule has 6 heteroatoms. The molecular weight excluding hydrogens is 246 g/mol. The average Bonchev–Trinajstić information content (AvgIpc) is 2.36. The maximum Gasteiger partial charge on any atom is 0.323 e. The van der Waals surface area contributed by atoms with E-state index in [1.807, 2.05) is 25.1 Å². The van der Waals surface area contributed by atoms with Gasteiger partial charge in [-0.3, -0.25) is 4.79 Å². The van der Waals surface area contributed by atoms with Crippen LogP contribution in [0.3, 0.4) is 0 Å². The van der Waals surface area contributed by atoms with Crippen LogP contribution in [0.4, 0.5) is 10.5 Å². The van der Waals surface area contributed by atoms with Crippen molar-refractivity contribution in [2.45, 2.75) is 13.3 Å². The van der Waals surface area contributed by atoms with E-state index in [1.165, 1.54) is 0 Å². The fourth-order valence-corrected chi connectivity index (χ4v) is 1.44. The lowest BCUT2D eigenvalue weighted by molar-refractivity contribution is -0.137. The number of urea groups is 1. The van der Waals surface area contributed by atoms with Crippen LogP contribution in [0.25, 0.3) is 0 Å². The molecule has 2 amide bonds. The van der Waals surface area contributed by atoms with Crippen LogP contribution >= 0.6 is 0 Å². The second kappa shape index (κ2) is 7.01. The summed E-state index contributed by atoms with van der Waals surface area (Å²) in [7, 11) is 0. The first-order valence-corrected chi connectivity index (χ1v) is 5.74. The zero-order valence-corrected chi connectivity index (χ0v) is 10.6. The zero-order chi connectivity index (χ0) is 14.3. The van der Waals surface area contributed by atoms with E-state index in [9.17, 15) is 9.59 Å². The fraction of sp³-hybridized carbons (Fsp3) is 0.308. The number of anilines is 1. The fourth-order valence-electron chi connectivity index (χ4n) is 1.44. The average molecular weight is 261 g/mol. The minimum Gasteiger partial charge on any atom is -0.480 e. The van der Waals surface area contributed by atoms with Crippen LogP contribution in [0.5, 0.6) is 0 Å². The van der Waals surface area contributed by atoms with Crippen molar-refractivity contribution in [3.05, 3.63) is 29.8 Å². The van der Waals surface area contributed by atoms with Crippen LogP contribution in [-0.2, 0) is 4.79 Å². The Hall–Kier alpha value is -2.55. The van der Waals surface area contributed by atoms with Crippen molar-refractivity contribution in [2.24, 2.45) is 0 Å². The lowest BCUT2D eigenvalue weighted by Gasteiger charge is -2.19. The van der Waals surface area contributed by atoms with Gasteiger partial charge in [0.05, 0.1) is 12.5 Å². The molecule has 2 N–H and O–H groups in total. The lowest BCUT2D eigenvalue weighted by atomic mass is 10.2. The minimum absolute atomic E-state index is 0.0838. The van der Waals surface area contributed by atoms with E-state index in [2.05, 4.69) is 5.32 Å². The van der Waals surface area contributed by atoms with Gasteiger partial charge in [-0.25, -0.2) is 4.79 Å². The molecule has 0 fully saturated rings. The molecule has 0 heterocycles. The molecule has 0 saturated carbocycles. The van der Waals surface area contributed by atoms with E-state index >= 15 is 0 Å². The Bertz CT molecular complexity index is 491. The molecule has 0 aromatic heterocycles. The van der Waals surface area contributed by atoms with Crippen molar-refractivity contribution >= 4 is 17.7 Å². The van der Waals surface area contributed by atoms with Gasteiger partial charge in [0.25, 0.3) is 0 Å². The summed E-state index contributed by atoms with van der Waals surface area (Å²) in [6.07, 6.45) is 0.0919. The van der Waals surface area contributed by atoms with E-state index in [1.54, 1.807) is 12.1 Å². The molecule has 1 rings (SSSR count). The van der Waals surface area contributed by atoms with E-state index < -0.39 is 18.5 Å². The topological polar surface area (TPSA) is 93.4 Å². The predicted octanol–water partition coefficient (Wildman–Crippen LogP) is 1.83. The SMILES string of the molecule is Cc1ccc(NC(=O)N(CCC#N)CC(=O)O)cc1. The number of carboxylic acid groups (broad SMARTS) is 1. The van der Waals surface area contributed by atoms with Crippen LogP contribution in [-0.4, -0.2) is 35.1 Å². The number of carbonyl (C=O) groups is 2. The summed E-state index contributed by atoms with van der Waals surface area (Å²) in [5.74, 6) is -1.11. The van der Waals surface area contributed by atoms with Crippen molar-refractivity contribution in [1.29, 1.82) is 5.26 Å². The normalized spacial score (nSPS) is 9.47. The number of rotatable bonds is 5. The molecule has 0 atom stereocenters. The molecule has 0 spiro atoms. The number of aliphatic carboxylic acids is 1. The molecule has 0 radical (unpaired) electrons. The smallest absolute Gasteiger partial charge is 0.323 e. The van der Waals surface area contributed by atoms with Gasteiger partial charge in [-0.1, -0.05) is 17.7 Å². The van der Waals surface area contributed by atoms with Crippen molar-refractivity contribution < 1.29 is 14.7 Å². The molecule has 1 aromatic carbocycles. The molecule has 0 bridgehead atoms. The van der Waals surface area contributed by atoms with Gasteiger partial charge >= 0.3 is 12.0 Å². The summed E-state index contributed by atoms with van der Waals surface area (Å²) < 4.78 is 0. The quantitative estimate of drug-likeness (QED) is 0.845. The van der Waals surface area contributed by atoms with Gasteiger partial charge in [0.1, 0.15) is 6.54 Å². The second-order valence-electron chi connectivity index (χ2n) is 4.02. The number of hydrogen-bond acceptors (Lipinski definition) is 3. The largest absolute Gasteiger partial charge is 0.480 e. The molecule has 0 saturated heterocycles. The molecule has 0 aliphatic heterocycles. The summed E-state index contributed by atoms with van der Waals surface area (Å²) in [6, 6.07) is 8.50. The highest BCUT2D eigenvalue weighted by molar-refractivity contribution is 5.91. The summed E-state index contributed by atoms with van der Waals surface area (Å²) >= 11 is 0. The third-order valence-electron chi connectivity index (χ3n) is 2.41. The van der Waals surface area contributed by atoms with Crippen LogP contribution in [0.15, 0.2) is 24.3 Å². The first-order valence-electron chi connectivity index (χ1n) is 5.74. The number of amides is 2. The zero-order valence-electron chi connectivity index (χ0n) is 10.6. The first kappa shape index (κ1) is 14.5. The molecule has 6 nitrogen and oxygen atoms in total. The molecule has 1 aromatic rings. The first-order chi connectivity index (χ1) is 9.02. The monoisotopic (exact) mass is 261 g/mol. The molecular formula is C13H15N3O3. The summed E-state index contributed by atoms with van der Waals surface area (Å²) in [6.45, 7) is 1.58. The number of aryl methyl sites for hydroxylation is 1. The van der Waals surface area contributed by atoms with Crippen LogP contribution in [0.1, 0.15) is 12.0 Å². The van der Waals surface area contributed by atoms with E-state index in [-0.39, 0.29) is 13.0 Å². The number of carboxylic acids is 1. The van der Waals surface area contributed by atoms with Crippen LogP contribution in [0.2, 0.25) is 0 Å². The van der Waals surface area contributed by atoms with Crippen molar-refractivity contribution in [1.82, 2.24) is 4.90 Å². The summed E-state index contributed by atoms with van der Waals surface area (Å²) in [4.78, 5) is 23.6. The highest BCUT2D eigenvalue weighted by Gasteiger charge is 2.16. The summed E-state index contributed by atoms with van der Waals surface area (Å²) in [5.41, 5.74) is 1.65. The lowest BCUT2D eigenvalue weighted by Crippen LogP contribution is -2.39. The highest BCUT2D eigenvalue weighted by Crippen LogP contribution is 2.09. The third kappa shape index (κ3) is 5.08. The Morgan fingerprint density at radius 1 is 1.37 bits per heavy atom. The Kier molecular flexibility index (Phi) is 5.35. The van der Waals surface area contributed by atoms with Gasteiger partial charge in [-0.15, -0.1) is 0 Å². The molecule has 100 valence electrons. The number of nitriles is 1. The Morgan fingerprint density at radius 3 is 2.53 bits per heavy atom. The van der Waals surface area contributed by atoms with Crippen molar-refractivity contribution in [3.63, 3.8) is 0 Å². The summed E-state index contributed by atoms with van der Waals surface area (Å²) in [5, 5.41) is 19.8. The maximum absolute atomic E-state index is 11.9. The number of carbonyl (C=O) groups excluding carboxylic acids is 1. The van der Waals surface area contributed by atoms with Gasteiger partial charge in [-0.2, -0.15) is 5.26 Å². The Balaban J connectivity index is 2.67. The van der Waals surface area contributed by atoms with Crippen molar-refractivity contribution in [3.8, 4) is 6.07 Å². The Morgan fingerprint density at radius 2 is 2.00 bits per heavy atom. The van der Waals surface area contributed by atoms with Gasteiger partial charge in [0, 0.05) is 12.2 Å². The second-order valence-corrected chi connectivity index (χ2v) is 4.02.